The van der Waals surface area contributed by atoms with E-state index in [0.717, 1.165) is 12.8 Å². The number of nitrogens with zero attached hydrogens (tertiary/aromatic N) is 1. The van der Waals surface area contributed by atoms with Crippen LogP contribution in [0.3, 0.4) is 0 Å². The minimum atomic E-state index is -0.446. The lowest BCUT2D eigenvalue weighted by Crippen LogP contribution is -2.51. The van der Waals surface area contributed by atoms with E-state index in [9.17, 15) is 9.90 Å². The fourth-order valence-electron chi connectivity index (χ4n) is 3.05. The van der Waals surface area contributed by atoms with Gasteiger partial charge in [0.15, 0.2) is 0 Å². The molecule has 1 amide bonds. The van der Waals surface area contributed by atoms with Crippen LogP contribution >= 0.6 is 0 Å². The molecule has 2 bridgehead atoms. The molecule has 2 unspecified atom stereocenters. The van der Waals surface area contributed by atoms with Crippen molar-refractivity contribution in [1.29, 1.82) is 0 Å². The highest BCUT2D eigenvalue weighted by atomic mass is 16.6. The summed E-state index contributed by atoms with van der Waals surface area (Å²) in [4.78, 5) is 13.9. The van der Waals surface area contributed by atoms with Crippen LogP contribution in [-0.4, -0.2) is 40.9 Å². The molecule has 0 radical (unpaired) electrons. The maximum Gasteiger partial charge on any atom is 0.410 e. The number of hydrogen-bond acceptors (Lipinski definition) is 3. The van der Waals surface area contributed by atoms with E-state index >= 15 is 0 Å². The molecule has 4 heteroatoms. The molecule has 1 aliphatic carbocycles. The van der Waals surface area contributed by atoms with E-state index in [1.807, 2.05) is 20.8 Å². The fourth-order valence-corrected chi connectivity index (χ4v) is 3.05. The van der Waals surface area contributed by atoms with Gasteiger partial charge in [0.05, 0.1) is 6.10 Å². The lowest BCUT2D eigenvalue weighted by atomic mass is 9.85. The summed E-state index contributed by atoms with van der Waals surface area (Å²) in [5, 5.41) is 10.2. The lowest BCUT2D eigenvalue weighted by Gasteiger charge is -2.40. The fraction of sp³-hybridized carbons (Fsp3) is 0.929. The number of rotatable bonds is 0. The third-order valence-electron chi connectivity index (χ3n) is 3.93. The number of piperidine rings is 1. The van der Waals surface area contributed by atoms with Gasteiger partial charge in [-0.2, -0.15) is 0 Å². The van der Waals surface area contributed by atoms with E-state index in [1.54, 1.807) is 4.90 Å². The second-order valence-electron chi connectivity index (χ2n) is 6.68. The van der Waals surface area contributed by atoms with E-state index in [-0.39, 0.29) is 24.0 Å². The van der Waals surface area contributed by atoms with Crippen LogP contribution < -0.4 is 0 Å². The Morgan fingerprint density at radius 2 is 1.67 bits per heavy atom. The van der Waals surface area contributed by atoms with Gasteiger partial charge < -0.3 is 14.7 Å². The van der Waals surface area contributed by atoms with Crippen LogP contribution in [0.25, 0.3) is 0 Å². The van der Waals surface area contributed by atoms with Crippen LogP contribution in [-0.2, 0) is 4.74 Å². The van der Waals surface area contributed by atoms with Crippen molar-refractivity contribution < 1.29 is 14.6 Å². The van der Waals surface area contributed by atoms with Gasteiger partial charge >= 0.3 is 6.09 Å². The number of aliphatic hydroxyl groups excluding tert-OH is 1. The molecule has 104 valence electrons. The first kappa shape index (κ1) is 13.7. The summed E-state index contributed by atoms with van der Waals surface area (Å²) in [7, 11) is 0. The molecule has 1 N–H and O–H groups in total. The zero-order valence-corrected chi connectivity index (χ0v) is 11.7. The average Bonchev–Trinajstić information content (AvgIpc) is 2.36. The number of fused-ring (bicyclic) bond motifs is 2. The van der Waals surface area contributed by atoms with Crippen molar-refractivity contribution in [1.82, 2.24) is 4.90 Å². The number of amides is 1. The van der Waals surface area contributed by atoms with E-state index in [0.29, 0.717) is 13.1 Å². The molecule has 1 saturated heterocycles. The lowest BCUT2D eigenvalue weighted by molar-refractivity contribution is -0.0344. The van der Waals surface area contributed by atoms with Crippen molar-refractivity contribution in [2.75, 3.05) is 13.1 Å². The van der Waals surface area contributed by atoms with Crippen molar-refractivity contribution in [3.63, 3.8) is 0 Å². The maximum absolute atomic E-state index is 12.1. The van der Waals surface area contributed by atoms with Gasteiger partial charge in [-0.25, -0.2) is 4.79 Å². The Labute approximate surface area is 109 Å². The monoisotopic (exact) mass is 255 g/mol. The highest BCUT2D eigenvalue weighted by molar-refractivity contribution is 5.68. The summed E-state index contributed by atoms with van der Waals surface area (Å²) < 4.78 is 5.42. The van der Waals surface area contributed by atoms with Crippen LogP contribution in [0.2, 0.25) is 0 Å². The molecule has 0 spiro atoms. The zero-order chi connectivity index (χ0) is 13.3. The Kier molecular flexibility index (Phi) is 3.85. The Balaban J connectivity index is 2.01. The number of ether oxygens (including phenoxy) is 1. The van der Waals surface area contributed by atoms with Gasteiger partial charge in [0.1, 0.15) is 5.60 Å². The minimum Gasteiger partial charge on any atom is -0.444 e. The largest absolute Gasteiger partial charge is 0.444 e. The third kappa shape index (κ3) is 3.16. The van der Waals surface area contributed by atoms with Gasteiger partial charge in [-0.05, 0) is 33.6 Å². The summed E-state index contributed by atoms with van der Waals surface area (Å²) in [6, 6.07) is 0. The van der Waals surface area contributed by atoms with Gasteiger partial charge in [0.2, 0.25) is 0 Å². The molecule has 1 aliphatic heterocycles. The Hall–Kier alpha value is -0.770. The number of carbonyl (C=O) groups is 1. The summed E-state index contributed by atoms with van der Waals surface area (Å²) in [5.74, 6) is 0.470. The van der Waals surface area contributed by atoms with Gasteiger partial charge in [-0.1, -0.05) is 12.8 Å². The van der Waals surface area contributed by atoms with Crippen molar-refractivity contribution >= 4 is 6.09 Å². The van der Waals surface area contributed by atoms with Crippen molar-refractivity contribution in [3.05, 3.63) is 0 Å². The summed E-state index contributed by atoms with van der Waals surface area (Å²) in [6.45, 7) is 6.95. The molecular formula is C14H25NO3. The van der Waals surface area contributed by atoms with Crippen LogP contribution in [0, 0.1) is 11.8 Å². The number of likely N-dealkylation sites (tertiary alicyclic amines) is 1. The second-order valence-corrected chi connectivity index (χ2v) is 6.68. The molecule has 18 heavy (non-hydrogen) atoms. The van der Waals surface area contributed by atoms with Crippen molar-refractivity contribution in [2.24, 2.45) is 11.8 Å². The molecule has 2 aliphatic rings. The van der Waals surface area contributed by atoms with Gasteiger partial charge in [-0.15, -0.1) is 0 Å². The summed E-state index contributed by atoms with van der Waals surface area (Å²) in [6.07, 6.45) is 3.92. The molecular weight excluding hydrogens is 230 g/mol. The molecule has 2 fully saturated rings. The van der Waals surface area contributed by atoms with Gasteiger partial charge in [-0.3, -0.25) is 0 Å². The van der Waals surface area contributed by atoms with E-state index in [1.165, 1.54) is 12.8 Å². The Bertz CT molecular complexity index is 295. The predicted molar refractivity (Wildman–Crippen MR) is 69.3 cm³/mol. The number of carbonyl (C=O) groups excluding carboxylic acids is 1. The highest BCUT2D eigenvalue weighted by Gasteiger charge is 2.39. The van der Waals surface area contributed by atoms with Crippen LogP contribution in [0.15, 0.2) is 0 Å². The Morgan fingerprint density at radius 3 is 2.11 bits per heavy atom. The first-order valence-corrected chi connectivity index (χ1v) is 7.03. The topological polar surface area (TPSA) is 49.8 Å². The number of aliphatic hydroxyl groups is 1. The maximum atomic E-state index is 12.1. The highest BCUT2D eigenvalue weighted by Crippen LogP contribution is 2.34. The minimum absolute atomic E-state index is 0.230. The van der Waals surface area contributed by atoms with Gasteiger partial charge in [0.25, 0.3) is 0 Å². The summed E-state index contributed by atoms with van der Waals surface area (Å²) in [5.41, 5.74) is -0.446. The quantitative estimate of drug-likeness (QED) is 0.723. The second kappa shape index (κ2) is 5.08. The summed E-state index contributed by atoms with van der Waals surface area (Å²) >= 11 is 0. The normalized spacial score (nSPS) is 32.9. The molecule has 2 atom stereocenters. The average molecular weight is 255 g/mol. The molecule has 1 heterocycles. The van der Waals surface area contributed by atoms with Crippen LogP contribution in [0.1, 0.15) is 46.5 Å². The molecule has 4 nitrogen and oxygen atoms in total. The first-order valence-electron chi connectivity index (χ1n) is 7.03. The van der Waals surface area contributed by atoms with E-state index in [4.69, 9.17) is 4.74 Å². The first-order chi connectivity index (χ1) is 8.37. The van der Waals surface area contributed by atoms with Crippen LogP contribution in [0.5, 0.6) is 0 Å². The molecule has 0 aromatic heterocycles. The molecule has 0 aromatic carbocycles. The molecule has 2 rings (SSSR count). The van der Waals surface area contributed by atoms with Crippen molar-refractivity contribution in [2.45, 2.75) is 58.2 Å². The van der Waals surface area contributed by atoms with Gasteiger partial charge in [0, 0.05) is 24.9 Å². The molecule has 1 saturated carbocycles. The third-order valence-corrected chi connectivity index (χ3v) is 3.93. The zero-order valence-electron chi connectivity index (χ0n) is 11.7. The van der Waals surface area contributed by atoms with Crippen LogP contribution in [0.4, 0.5) is 4.79 Å². The van der Waals surface area contributed by atoms with E-state index in [2.05, 4.69) is 0 Å². The van der Waals surface area contributed by atoms with Crippen molar-refractivity contribution in [3.8, 4) is 0 Å². The smallest absolute Gasteiger partial charge is 0.410 e. The van der Waals surface area contributed by atoms with E-state index < -0.39 is 5.60 Å². The molecule has 0 aromatic rings. The standard InChI is InChI=1S/C14H25NO3/c1-14(2,3)18-13(17)15-8-10-6-4-5-7-11(9-15)12(10)16/h10-12,16H,4-9H2,1-3H3. The SMILES string of the molecule is CC(C)(C)OC(=O)N1CC2CCCCC(C1)C2O. The Morgan fingerprint density at radius 1 is 1.17 bits per heavy atom. The predicted octanol–water partition coefficient (Wildman–Crippen LogP) is 2.40. The number of hydrogen-bond donors (Lipinski definition) is 1.